The van der Waals surface area contributed by atoms with Crippen molar-refractivity contribution in [2.75, 3.05) is 56.7 Å². The number of benzene rings is 2. The van der Waals surface area contributed by atoms with Gasteiger partial charge < -0.3 is 24.8 Å². The fourth-order valence-electron chi connectivity index (χ4n) is 4.13. The predicted octanol–water partition coefficient (Wildman–Crippen LogP) is 2.36. The molecule has 2 heterocycles. The third-order valence-corrected chi connectivity index (χ3v) is 6.00. The van der Waals surface area contributed by atoms with Gasteiger partial charge in [-0.2, -0.15) is 0 Å². The van der Waals surface area contributed by atoms with Crippen LogP contribution in [0.4, 0.5) is 11.4 Å². The van der Waals surface area contributed by atoms with E-state index in [0.717, 1.165) is 50.5 Å². The number of rotatable bonds is 7. The molecule has 8 nitrogen and oxygen atoms in total. The highest BCUT2D eigenvalue weighted by Gasteiger charge is 2.20. The lowest BCUT2D eigenvalue weighted by Crippen LogP contribution is -2.36. The van der Waals surface area contributed by atoms with E-state index >= 15 is 0 Å². The van der Waals surface area contributed by atoms with Crippen LogP contribution in [0.3, 0.4) is 0 Å². The molecular formula is C25H30N4O4. The Balaban J connectivity index is 1.27. The molecule has 0 aliphatic carbocycles. The van der Waals surface area contributed by atoms with Crippen molar-refractivity contribution in [2.24, 2.45) is 0 Å². The van der Waals surface area contributed by atoms with Gasteiger partial charge in [-0.25, -0.2) is 0 Å². The van der Waals surface area contributed by atoms with Gasteiger partial charge in [0, 0.05) is 56.6 Å². The lowest BCUT2D eigenvalue weighted by molar-refractivity contribution is -0.128. The van der Waals surface area contributed by atoms with Crippen molar-refractivity contribution in [3.8, 4) is 0 Å². The maximum Gasteiger partial charge on any atom is 0.254 e. The van der Waals surface area contributed by atoms with E-state index < -0.39 is 0 Å². The number of hydrogen-bond donors (Lipinski definition) is 1. The predicted molar refractivity (Wildman–Crippen MR) is 126 cm³/mol. The number of carbonyl (C=O) groups excluding carboxylic acids is 3. The maximum absolute atomic E-state index is 12.7. The average Bonchev–Trinajstić information content (AvgIpc) is 3.24. The highest BCUT2D eigenvalue weighted by molar-refractivity contribution is 5.99. The summed E-state index contributed by atoms with van der Waals surface area (Å²) in [5.74, 6) is -0.303. The molecule has 8 heteroatoms. The Labute approximate surface area is 194 Å². The summed E-state index contributed by atoms with van der Waals surface area (Å²) in [6, 6.07) is 14.9. The Hall–Kier alpha value is -3.39. The number of ether oxygens (including phenoxy) is 1. The molecule has 174 valence electrons. The van der Waals surface area contributed by atoms with Crippen molar-refractivity contribution < 1.29 is 19.1 Å². The van der Waals surface area contributed by atoms with Gasteiger partial charge in [0.2, 0.25) is 11.8 Å². The number of nitrogens with one attached hydrogen (secondary N) is 1. The molecule has 0 unspecified atom stereocenters. The third kappa shape index (κ3) is 5.90. The molecule has 2 saturated heterocycles. The quantitative estimate of drug-likeness (QED) is 0.700. The van der Waals surface area contributed by atoms with Gasteiger partial charge in [0.1, 0.15) is 0 Å². The fourth-order valence-corrected chi connectivity index (χ4v) is 4.13. The SMILES string of the molecule is CN(CC(=O)Nc1ccc(N2CCOCC2)cc1)C(=O)c1ccc(CN2CCCC2=O)cc1. The Bertz CT molecular complexity index is 984. The van der Waals surface area contributed by atoms with Crippen molar-refractivity contribution in [2.45, 2.75) is 19.4 Å². The summed E-state index contributed by atoms with van der Waals surface area (Å²) in [6.45, 7) is 4.46. The molecule has 0 bridgehead atoms. The zero-order valence-electron chi connectivity index (χ0n) is 19.0. The summed E-state index contributed by atoms with van der Waals surface area (Å²) in [7, 11) is 1.61. The molecule has 0 atom stereocenters. The topological polar surface area (TPSA) is 82.2 Å². The van der Waals surface area contributed by atoms with Gasteiger partial charge in [-0.05, 0) is 48.4 Å². The Kier molecular flexibility index (Phi) is 7.24. The number of hydrogen-bond acceptors (Lipinski definition) is 5. The second-order valence-corrected chi connectivity index (χ2v) is 8.47. The van der Waals surface area contributed by atoms with E-state index in [9.17, 15) is 14.4 Å². The molecule has 0 spiro atoms. The van der Waals surface area contributed by atoms with Crippen LogP contribution in [-0.2, 0) is 20.9 Å². The van der Waals surface area contributed by atoms with Crippen molar-refractivity contribution in [1.29, 1.82) is 0 Å². The summed E-state index contributed by atoms with van der Waals surface area (Å²) in [5.41, 5.74) is 3.29. The fraction of sp³-hybridized carbons (Fsp3) is 0.400. The summed E-state index contributed by atoms with van der Waals surface area (Å²) < 4.78 is 5.38. The van der Waals surface area contributed by atoms with E-state index in [2.05, 4.69) is 10.2 Å². The van der Waals surface area contributed by atoms with Gasteiger partial charge in [0.25, 0.3) is 5.91 Å². The highest BCUT2D eigenvalue weighted by Crippen LogP contribution is 2.19. The molecule has 4 rings (SSSR count). The number of morpholine rings is 1. The normalized spacial score (nSPS) is 16.1. The Morgan fingerprint density at radius 3 is 2.33 bits per heavy atom. The third-order valence-electron chi connectivity index (χ3n) is 6.00. The zero-order valence-corrected chi connectivity index (χ0v) is 19.0. The van der Waals surface area contributed by atoms with Crippen molar-refractivity contribution in [1.82, 2.24) is 9.80 Å². The van der Waals surface area contributed by atoms with Gasteiger partial charge in [-0.15, -0.1) is 0 Å². The van der Waals surface area contributed by atoms with Crippen LogP contribution in [0.15, 0.2) is 48.5 Å². The van der Waals surface area contributed by atoms with Gasteiger partial charge in [-0.3, -0.25) is 14.4 Å². The first kappa shape index (κ1) is 22.8. The number of anilines is 2. The first-order chi connectivity index (χ1) is 16.0. The minimum Gasteiger partial charge on any atom is -0.378 e. The molecule has 33 heavy (non-hydrogen) atoms. The van der Waals surface area contributed by atoms with E-state index in [1.54, 1.807) is 19.2 Å². The number of likely N-dealkylation sites (N-methyl/N-ethyl adjacent to an activating group) is 1. The standard InChI is InChI=1S/C25H30N4O4/c1-27(25(32)20-6-4-19(5-7-20)17-29-12-2-3-24(29)31)18-23(30)26-21-8-10-22(11-9-21)28-13-15-33-16-14-28/h4-11H,2-3,12-18H2,1H3,(H,26,30). The monoisotopic (exact) mass is 450 g/mol. The smallest absolute Gasteiger partial charge is 0.254 e. The van der Waals surface area contributed by atoms with E-state index in [4.69, 9.17) is 4.74 Å². The minimum absolute atomic E-state index is 0.0475. The molecule has 2 aliphatic rings. The molecular weight excluding hydrogens is 420 g/mol. The zero-order chi connectivity index (χ0) is 23.2. The number of likely N-dealkylation sites (tertiary alicyclic amines) is 1. The van der Waals surface area contributed by atoms with Crippen LogP contribution in [-0.4, -0.2) is 74.0 Å². The van der Waals surface area contributed by atoms with Crippen LogP contribution >= 0.6 is 0 Å². The average molecular weight is 451 g/mol. The summed E-state index contributed by atoms with van der Waals surface area (Å²) in [5, 5.41) is 2.85. The summed E-state index contributed by atoms with van der Waals surface area (Å²) in [6.07, 6.45) is 1.52. The molecule has 2 aromatic rings. The molecule has 3 amide bonds. The first-order valence-corrected chi connectivity index (χ1v) is 11.3. The largest absolute Gasteiger partial charge is 0.378 e. The number of carbonyl (C=O) groups is 3. The Morgan fingerprint density at radius 1 is 1.00 bits per heavy atom. The van der Waals surface area contributed by atoms with Gasteiger partial charge >= 0.3 is 0 Å². The molecule has 0 aromatic heterocycles. The van der Waals surface area contributed by atoms with Crippen LogP contribution in [0, 0.1) is 0 Å². The lowest BCUT2D eigenvalue weighted by Gasteiger charge is -2.28. The highest BCUT2D eigenvalue weighted by atomic mass is 16.5. The molecule has 0 radical (unpaired) electrons. The molecule has 2 aromatic carbocycles. The van der Waals surface area contributed by atoms with Crippen LogP contribution < -0.4 is 10.2 Å². The van der Waals surface area contributed by atoms with Gasteiger partial charge in [0.05, 0.1) is 19.8 Å². The first-order valence-electron chi connectivity index (χ1n) is 11.3. The van der Waals surface area contributed by atoms with E-state index in [1.807, 2.05) is 41.3 Å². The van der Waals surface area contributed by atoms with E-state index in [0.29, 0.717) is 24.2 Å². The van der Waals surface area contributed by atoms with Crippen LogP contribution in [0.2, 0.25) is 0 Å². The number of nitrogens with zero attached hydrogens (tertiary/aromatic N) is 3. The van der Waals surface area contributed by atoms with Gasteiger partial charge in [0.15, 0.2) is 0 Å². The second-order valence-electron chi connectivity index (χ2n) is 8.47. The van der Waals surface area contributed by atoms with E-state index in [-0.39, 0.29) is 24.3 Å². The maximum atomic E-state index is 12.7. The van der Waals surface area contributed by atoms with Gasteiger partial charge in [-0.1, -0.05) is 12.1 Å². The summed E-state index contributed by atoms with van der Waals surface area (Å²) >= 11 is 0. The number of amides is 3. The Morgan fingerprint density at radius 2 is 1.70 bits per heavy atom. The van der Waals surface area contributed by atoms with Crippen molar-refractivity contribution in [3.63, 3.8) is 0 Å². The lowest BCUT2D eigenvalue weighted by atomic mass is 10.1. The van der Waals surface area contributed by atoms with E-state index in [1.165, 1.54) is 4.90 Å². The van der Waals surface area contributed by atoms with Crippen molar-refractivity contribution >= 4 is 29.1 Å². The molecule has 2 fully saturated rings. The second kappa shape index (κ2) is 10.5. The van der Waals surface area contributed by atoms with Crippen LogP contribution in [0.1, 0.15) is 28.8 Å². The molecule has 1 N–H and O–H groups in total. The van der Waals surface area contributed by atoms with Crippen LogP contribution in [0.25, 0.3) is 0 Å². The van der Waals surface area contributed by atoms with Crippen LogP contribution in [0.5, 0.6) is 0 Å². The summed E-state index contributed by atoms with van der Waals surface area (Å²) in [4.78, 5) is 42.4. The van der Waals surface area contributed by atoms with Crippen molar-refractivity contribution in [3.05, 3.63) is 59.7 Å². The molecule has 0 saturated carbocycles. The molecule has 2 aliphatic heterocycles. The minimum atomic E-state index is -0.255.